The number of rotatable bonds is 72. The van der Waals surface area contributed by atoms with E-state index < -0.39 is 26.5 Å². The summed E-state index contributed by atoms with van der Waals surface area (Å²) in [6.45, 7) is 4.17. The van der Waals surface area contributed by atoms with Crippen molar-refractivity contribution in [2.75, 3.05) is 47.5 Å². The molecule has 0 fully saturated rings. The van der Waals surface area contributed by atoms with Crippen LogP contribution in [0.1, 0.15) is 361 Å². The fourth-order valence-electron chi connectivity index (χ4n) is 11.2. The highest BCUT2D eigenvalue weighted by molar-refractivity contribution is 7.45. The molecule has 0 aromatic carbocycles. The van der Waals surface area contributed by atoms with Gasteiger partial charge in [-0.05, 0) is 96.3 Å². The van der Waals surface area contributed by atoms with Crippen molar-refractivity contribution in [3.05, 3.63) is 97.2 Å². The van der Waals surface area contributed by atoms with E-state index >= 15 is 0 Å². The molecule has 0 saturated heterocycles. The topological polar surface area (TPSA) is 111 Å². The minimum atomic E-state index is -4.65. The van der Waals surface area contributed by atoms with Crippen molar-refractivity contribution < 1.29 is 42.1 Å². The molecule has 0 heterocycles. The van der Waals surface area contributed by atoms with Crippen molar-refractivity contribution in [2.24, 2.45) is 0 Å². The molecule has 0 aliphatic rings. The van der Waals surface area contributed by atoms with Crippen LogP contribution in [0.3, 0.4) is 0 Å². The molecule has 0 aliphatic carbocycles. The van der Waals surface area contributed by atoms with Gasteiger partial charge in [0.15, 0.2) is 6.10 Å². The molecule has 0 rings (SSSR count). The maximum absolute atomic E-state index is 12.9. The molecular weight excluding hydrogens is 1160 g/mol. The van der Waals surface area contributed by atoms with Gasteiger partial charge in [-0.15, -0.1) is 0 Å². The number of hydrogen-bond donors (Lipinski definition) is 0. The predicted octanol–water partition coefficient (Wildman–Crippen LogP) is 25.2. The Morgan fingerprint density at radius 3 is 0.935 bits per heavy atom. The van der Waals surface area contributed by atoms with E-state index in [1.807, 2.05) is 21.1 Å². The van der Waals surface area contributed by atoms with Gasteiger partial charge in [0.25, 0.3) is 7.82 Å². The molecule has 534 valence electrons. The first kappa shape index (κ1) is 88.9. The molecule has 2 atom stereocenters. The highest BCUT2D eigenvalue weighted by Gasteiger charge is 2.22. The molecule has 2 unspecified atom stereocenters. The van der Waals surface area contributed by atoms with E-state index in [1.165, 1.54) is 244 Å². The van der Waals surface area contributed by atoms with Crippen molar-refractivity contribution in [3.8, 4) is 0 Å². The van der Waals surface area contributed by atoms with Crippen LogP contribution in [0.25, 0.3) is 0 Å². The van der Waals surface area contributed by atoms with Crippen LogP contribution in [0.15, 0.2) is 97.2 Å². The number of carbonyl (C=O) groups excluding carboxylic acids is 2. The number of hydrogen-bond acceptors (Lipinski definition) is 8. The standard InChI is InChI=1S/C82H148NO8P/c1-6-8-10-12-14-16-18-20-22-24-26-28-30-32-34-36-38-40-41-43-45-47-49-51-53-55-57-59-61-63-65-67-69-71-73-75-82(85)91-80(79-90-92(86,87)89-77-76-83(3,4)5)78-88-81(84)74-72-70-68-66-64-62-60-58-56-54-52-50-48-46-44-42-39-37-35-33-31-29-27-25-23-21-19-17-15-13-11-9-7-2/h8,10,14,16,20,22,25-28,32,34,38,40,43,45,80H,6-7,9,11-13,15,17-19,21,23-24,29-31,33,35-37,39,41-42,44,46-79H2,1-5H3/b10-8-,16-14-,22-20-,27-25-,28-26-,34-32-,40-38-,45-43-. The smallest absolute Gasteiger partial charge is 0.306 e. The summed E-state index contributed by atoms with van der Waals surface area (Å²) >= 11 is 0. The first-order valence-corrected chi connectivity index (χ1v) is 40.4. The van der Waals surface area contributed by atoms with Crippen LogP contribution in [0.4, 0.5) is 0 Å². The quantitative estimate of drug-likeness (QED) is 0.0195. The van der Waals surface area contributed by atoms with Gasteiger partial charge in [0, 0.05) is 12.8 Å². The summed E-state index contributed by atoms with van der Waals surface area (Å²) in [7, 11) is 1.17. The molecule has 0 N–H and O–H groups in total. The van der Waals surface area contributed by atoms with Crippen LogP contribution >= 0.6 is 7.82 Å². The fraction of sp³-hybridized carbons (Fsp3) is 0.780. The Hall–Kier alpha value is -3.07. The zero-order valence-corrected chi connectivity index (χ0v) is 61.9. The number of carbonyl (C=O) groups is 2. The van der Waals surface area contributed by atoms with E-state index in [0.29, 0.717) is 17.4 Å². The number of allylic oxidation sites excluding steroid dienone is 16. The van der Waals surface area contributed by atoms with Crippen molar-refractivity contribution in [1.29, 1.82) is 0 Å². The molecule has 92 heavy (non-hydrogen) atoms. The van der Waals surface area contributed by atoms with E-state index in [4.69, 9.17) is 18.5 Å². The van der Waals surface area contributed by atoms with Gasteiger partial charge in [0.1, 0.15) is 19.8 Å². The molecule has 0 aliphatic heterocycles. The largest absolute Gasteiger partial charge is 0.756 e. The van der Waals surface area contributed by atoms with Gasteiger partial charge < -0.3 is 27.9 Å². The highest BCUT2D eigenvalue weighted by Crippen LogP contribution is 2.38. The minimum Gasteiger partial charge on any atom is -0.756 e. The molecule has 0 aromatic rings. The molecule has 0 aromatic heterocycles. The summed E-state index contributed by atoms with van der Waals surface area (Å²) in [5, 5.41) is 0. The second kappa shape index (κ2) is 72.2. The zero-order chi connectivity index (χ0) is 66.9. The van der Waals surface area contributed by atoms with Crippen LogP contribution in [0.5, 0.6) is 0 Å². The normalized spacial score (nSPS) is 13.6. The monoisotopic (exact) mass is 1310 g/mol. The number of phosphoric ester groups is 1. The lowest BCUT2D eigenvalue weighted by Gasteiger charge is -2.28. The van der Waals surface area contributed by atoms with Gasteiger partial charge in [0.2, 0.25) is 0 Å². The van der Waals surface area contributed by atoms with Gasteiger partial charge in [-0.25, -0.2) is 0 Å². The SMILES string of the molecule is CC/C=C\C/C=C\C/C=C\C/C=C\C/C=C\C/C=C\C/C=C\CCCCCCCCCCCCCCCC(=O)OC(COC(=O)CCCCCCCCCCCCCCCCCCCCCCC/C=C\CCCCCCCCCC)COP(=O)([O-])OCC[N+](C)(C)C. The summed E-state index contributed by atoms with van der Waals surface area (Å²) in [6.07, 6.45) is 101. The Morgan fingerprint density at radius 1 is 0.348 bits per heavy atom. The molecular formula is C82H148NO8P. The number of esters is 2. The molecule has 9 nitrogen and oxygen atoms in total. The van der Waals surface area contributed by atoms with E-state index in [9.17, 15) is 19.0 Å². The van der Waals surface area contributed by atoms with Crippen molar-refractivity contribution >= 4 is 19.8 Å². The highest BCUT2D eigenvalue weighted by atomic mass is 31.2. The van der Waals surface area contributed by atoms with E-state index in [1.54, 1.807) is 0 Å². The Bertz CT molecular complexity index is 1880. The summed E-state index contributed by atoms with van der Waals surface area (Å²) in [5.41, 5.74) is 0. The zero-order valence-electron chi connectivity index (χ0n) is 61.0. The molecule has 0 radical (unpaired) electrons. The van der Waals surface area contributed by atoms with E-state index in [2.05, 4.69) is 111 Å². The maximum atomic E-state index is 12.9. The molecule has 0 saturated carbocycles. The van der Waals surface area contributed by atoms with E-state index in [-0.39, 0.29) is 32.0 Å². The van der Waals surface area contributed by atoms with Crippen LogP contribution < -0.4 is 4.89 Å². The second-order valence-corrected chi connectivity index (χ2v) is 28.8. The lowest BCUT2D eigenvalue weighted by Crippen LogP contribution is -2.37. The third kappa shape index (κ3) is 76.0. The van der Waals surface area contributed by atoms with Crippen molar-refractivity contribution in [3.63, 3.8) is 0 Å². The van der Waals surface area contributed by atoms with Crippen molar-refractivity contribution in [2.45, 2.75) is 367 Å². The number of unbranched alkanes of at least 4 members (excludes halogenated alkanes) is 42. The van der Waals surface area contributed by atoms with Crippen LogP contribution in [0.2, 0.25) is 0 Å². The summed E-state index contributed by atoms with van der Waals surface area (Å²) < 4.78 is 34.4. The van der Waals surface area contributed by atoms with Crippen LogP contribution in [-0.2, 0) is 32.7 Å². The predicted molar refractivity (Wildman–Crippen MR) is 397 cm³/mol. The number of phosphoric acid groups is 1. The lowest BCUT2D eigenvalue weighted by atomic mass is 10.0. The van der Waals surface area contributed by atoms with Crippen LogP contribution in [0, 0.1) is 0 Å². The molecule has 0 spiro atoms. The van der Waals surface area contributed by atoms with Gasteiger partial charge in [-0.1, -0.05) is 349 Å². The number of quaternary nitrogens is 1. The fourth-order valence-corrected chi connectivity index (χ4v) is 11.9. The Labute approximate surface area is 570 Å². The first-order chi connectivity index (χ1) is 45.0. The third-order valence-corrected chi connectivity index (χ3v) is 18.1. The Morgan fingerprint density at radius 2 is 0.620 bits per heavy atom. The van der Waals surface area contributed by atoms with E-state index in [0.717, 1.165) is 83.5 Å². The van der Waals surface area contributed by atoms with Crippen molar-refractivity contribution in [1.82, 2.24) is 0 Å². The minimum absolute atomic E-state index is 0.0324. The number of likely N-dealkylation sites (N-methyl/N-ethyl adjacent to an activating group) is 1. The van der Waals surface area contributed by atoms with Gasteiger partial charge >= 0.3 is 11.9 Å². The summed E-state index contributed by atoms with van der Waals surface area (Å²) in [5.74, 6) is -0.822. The third-order valence-electron chi connectivity index (χ3n) is 17.1. The average molecular weight is 1310 g/mol. The summed E-state index contributed by atoms with van der Waals surface area (Å²) in [6, 6.07) is 0. The second-order valence-electron chi connectivity index (χ2n) is 27.3. The Kier molecular flexibility index (Phi) is 69.8. The van der Waals surface area contributed by atoms with Gasteiger partial charge in [-0.2, -0.15) is 0 Å². The molecule has 0 bridgehead atoms. The lowest BCUT2D eigenvalue weighted by molar-refractivity contribution is -0.870. The molecule has 0 amide bonds. The number of nitrogens with zero attached hydrogens (tertiary/aromatic N) is 1. The van der Waals surface area contributed by atoms with Crippen LogP contribution in [-0.4, -0.2) is 70.0 Å². The summed E-state index contributed by atoms with van der Waals surface area (Å²) in [4.78, 5) is 38.2. The average Bonchev–Trinajstić information content (AvgIpc) is 2.14. The molecule has 10 heteroatoms. The number of ether oxygens (including phenoxy) is 2. The van der Waals surface area contributed by atoms with Gasteiger partial charge in [-0.3, -0.25) is 14.2 Å². The first-order valence-electron chi connectivity index (χ1n) is 38.9. The Balaban J connectivity index is 3.98. The van der Waals surface area contributed by atoms with Gasteiger partial charge in [0.05, 0.1) is 27.7 Å². The maximum Gasteiger partial charge on any atom is 0.306 e.